The molecule has 0 heterocycles. The molecular weight excluding hydrogens is 250 g/mol. The number of rotatable bonds is 8. The van der Waals surface area contributed by atoms with E-state index in [1.165, 1.54) is 38.5 Å². The smallest absolute Gasteiger partial charge is 0.337 e. The fourth-order valence-electron chi connectivity index (χ4n) is 2.30. The second-order valence-electron chi connectivity index (χ2n) is 5.39. The number of unbranched alkanes of at least 4 members (excludes halogenated alkanes) is 3. The molecule has 0 N–H and O–H groups in total. The van der Waals surface area contributed by atoms with Gasteiger partial charge in [0.1, 0.15) is 0 Å². The number of hydrogen-bond donors (Lipinski definition) is 0. The lowest BCUT2D eigenvalue weighted by atomic mass is 10.1. The van der Waals surface area contributed by atoms with Crippen molar-refractivity contribution in [1.29, 1.82) is 0 Å². The van der Waals surface area contributed by atoms with E-state index in [2.05, 4.69) is 25.7 Å². The molecule has 0 aliphatic heterocycles. The highest BCUT2D eigenvalue weighted by Crippen LogP contribution is 2.19. The summed E-state index contributed by atoms with van der Waals surface area (Å²) < 4.78 is 4.72. The maximum Gasteiger partial charge on any atom is 0.337 e. The Balaban J connectivity index is 2.69. The number of benzene rings is 1. The Bertz CT molecular complexity index is 398. The zero-order valence-electron chi connectivity index (χ0n) is 13.2. The lowest BCUT2D eigenvalue weighted by molar-refractivity contribution is 0.0601. The summed E-state index contributed by atoms with van der Waals surface area (Å²) in [5, 5.41) is 0. The molecular formula is C17H27NO2. The number of esters is 1. The largest absolute Gasteiger partial charge is 0.465 e. The summed E-state index contributed by atoms with van der Waals surface area (Å²) in [6.45, 7) is 7.70. The van der Waals surface area contributed by atoms with E-state index < -0.39 is 0 Å². The van der Waals surface area contributed by atoms with Crippen molar-refractivity contribution in [3.8, 4) is 0 Å². The Kier molecular flexibility index (Phi) is 7.13. The van der Waals surface area contributed by atoms with E-state index in [4.69, 9.17) is 4.74 Å². The van der Waals surface area contributed by atoms with Gasteiger partial charge in [-0.15, -0.1) is 0 Å². The number of carbonyl (C=O) groups excluding carboxylic acids is 1. The Morgan fingerprint density at radius 3 is 2.30 bits per heavy atom. The molecule has 0 aliphatic rings. The van der Waals surface area contributed by atoms with Crippen LogP contribution in [0.1, 0.15) is 56.8 Å². The Hall–Kier alpha value is -1.51. The third-order valence-corrected chi connectivity index (χ3v) is 3.50. The number of anilines is 1. The number of carbonyl (C=O) groups is 1. The monoisotopic (exact) mass is 277 g/mol. The van der Waals surface area contributed by atoms with Gasteiger partial charge in [-0.3, -0.25) is 0 Å². The molecule has 0 bridgehead atoms. The molecule has 1 aromatic rings. The molecule has 1 aromatic carbocycles. The van der Waals surface area contributed by atoms with Crippen LogP contribution in [0.5, 0.6) is 0 Å². The van der Waals surface area contributed by atoms with Crippen LogP contribution >= 0.6 is 0 Å². The molecule has 20 heavy (non-hydrogen) atoms. The van der Waals surface area contributed by atoms with Gasteiger partial charge in [0.05, 0.1) is 12.7 Å². The van der Waals surface area contributed by atoms with Gasteiger partial charge in [0, 0.05) is 18.3 Å². The van der Waals surface area contributed by atoms with Crippen molar-refractivity contribution in [3.63, 3.8) is 0 Å². The van der Waals surface area contributed by atoms with E-state index in [9.17, 15) is 4.79 Å². The van der Waals surface area contributed by atoms with Crippen molar-refractivity contribution in [3.05, 3.63) is 29.8 Å². The van der Waals surface area contributed by atoms with Gasteiger partial charge in [-0.1, -0.05) is 26.2 Å². The fraction of sp³-hybridized carbons (Fsp3) is 0.588. The van der Waals surface area contributed by atoms with Gasteiger partial charge in [0.25, 0.3) is 0 Å². The van der Waals surface area contributed by atoms with Crippen molar-refractivity contribution >= 4 is 11.7 Å². The highest BCUT2D eigenvalue weighted by Gasteiger charge is 2.11. The molecule has 1 rings (SSSR count). The van der Waals surface area contributed by atoms with Gasteiger partial charge >= 0.3 is 5.97 Å². The van der Waals surface area contributed by atoms with Gasteiger partial charge in [0.15, 0.2) is 0 Å². The highest BCUT2D eigenvalue weighted by molar-refractivity contribution is 5.89. The molecule has 0 saturated heterocycles. The lowest BCUT2D eigenvalue weighted by Crippen LogP contribution is -2.31. The molecule has 3 nitrogen and oxygen atoms in total. The van der Waals surface area contributed by atoms with Crippen molar-refractivity contribution in [2.75, 3.05) is 18.6 Å². The number of nitrogens with zero attached hydrogens (tertiary/aromatic N) is 1. The molecule has 112 valence electrons. The van der Waals surface area contributed by atoms with Crippen molar-refractivity contribution in [2.45, 2.75) is 52.5 Å². The number of hydrogen-bond acceptors (Lipinski definition) is 3. The fourth-order valence-corrected chi connectivity index (χ4v) is 2.30. The zero-order chi connectivity index (χ0) is 15.0. The summed E-state index contributed by atoms with van der Waals surface area (Å²) in [6, 6.07) is 8.14. The van der Waals surface area contributed by atoms with Crippen molar-refractivity contribution < 1.29 is 9.53 Å². The minimum atomic E-state index is -0.282. The lowest BCUT2D eigenvalue weighted by Gasteiger charge is -2.29. The second kappa shape index (κ2) is 8.62. The van der Waals surface area contributed by atoms with Crippen LogP contribution in [0.2, 0.25) is 0 Å². The number of ether oxygens (including phenoxy) is 1. The topological polar surface area (TPSA) is 29.5 Å². The summed E-state index contributed by atoms with van der Waals surface area (Å²) in [5.41, 5.74) is 1.77. The molecule has 0 aliphatic carbocycles. The van der Waals surface area contributed by atoms with Crippen LogP contribution < -0.4 is 4.90 Å². The molecule has 0 aromatic heterocycles. The maximum atomic E-state index is 11.4. The van der Waals surface area contributed by atoms with Crippen LogP contribution in [0.4, 0.5) is 5.69 Å². The van der Waals surface area contributed by atoms with Gasteiger partial charge in [-0.25, -0.2) is 4.79 Å². The highest BCUT2D eigenvalue weighted by atomic mass is 16.5. The predicted octanol–water partition coefficient (Wildman–Crippen LogP) is 4.27. The molecule has 0 fully saturated rings. The first-order chi connectivity index (χ1) is 9.60. The van der Waals surface area contributed by atoms with Gasteiger partial charge in [-0.05, 0) is 44.5 Å². The third-order valence-electron chi connectivity index (χ3n) is 3.50. The minimum Gasteiger partial charge on any atom is -0.465 e. The van der Waals surface area contributed by atoms with Crippen LogP contribution in [0.3, 0.4) is 0 Å². The summed E-state index contributed by atoms with van der Waals surface area (Å²) in [5.74, 6) is -0.282. The second-order valence-corrected chi connectivity index (χ2v) is 5.39. The average Bonchev–Trinajstić information content (AvgIpc) is 2.46. The molecule has 3 heteroatoms. The first-order valence-corrected chi connectivity index (χ1v) is 7.55. The first kappa shape index (κ1) is 16.5. The van der Waals surface area contributed by atoms with E-state index in [0.717, 1.165) is 6.54 Å². The van der Waals surface area contributed by atoms with E-state index in [-0.39, 0.29) is 5.97 Å². The quantitative estimate of drug-likeness (QED) is 0.525. The SMILES string of the molecule is CCCCCCN(c1ccc(C(=O)OC)cc1)C(C)C. The molecule has 0 saturated carbocycles. The molecule has 0 unspecified atom stereocenters. The molecule has 0 amide bonds. The standard InChI is InChI=1S/C17H27NO2/c1-5-6-7-8-13-18(14(2)3)16-11-9-15(10-12-16)17(19)20-4/h9-12,14H,5-8,13H2,1-4H3. The molecule has 0 spiro atoms. The van der Waals surface area contributed by atoms with Crippen molar-refractivity contribution in [1.82, 2.24) is 0 Å². The summed E-state index contributed by atoms with van der Waals surface area (Å²) in [6.07, 6.45) is 5.05. The number of methoxy groups -OCH3 is 1. The van der Waals surface area contributed by atoms with E-state index >= 15 is 0 Å². The van der Waals surface area contributed by atoms with E-state index in [1.807, 2.05) is 24.3 Å². The zero-order valence-corrected chi connectivity index (χ0v) is 13.2. The predicted molar refractivity (Wildman–Crippen MR) is 84.4 cm³/mol. The van der Waals surface area contributed by atoms with Crippen LogP contribution in [-0.2, 0) is 4.74 Å². The maximum absolute atomic E-state index is 11.4. The summed E-state index contributed by atoms with van der Waals surface area (Å²) in [7, 11) is 1.41. The van der Waals surface area contributed by atoms with Gasteiger partial charge < -0.3 is 9.64 Å². The Morgan fingerprint density at radius 1 is 1.15 bits per heavy atom. The summed E-state index contributed by atoms with van der Waals surface area (Å²) >= 11 is 0. The molecule has 0 atom stereocenters. The molecule has 0 radical (unpaired) electrons. The average molecular weight is 277 g/mol. The third kappa shape index (κ3) is 4.87. The Labute approximate surface area is 122 Å². The van der Waals surface area contributed by atoms with E-state index in [1.54, 1.807) is 0 Å². The van der Waals surface area contributed by atoms with Crippen LogP contribution in [0.15, 0.2) is 24.3 Å². The summed E-state index contributed by atoms with van der Waals surface area (Å²) in [4.78, 5) is 13.8. The first-order valence-electron chi connectivity index (χ1n) is 7.55. The van der Waals surface area contributed by atoms with Crippen LogP contribution in [-0.4, -0.2) is 25.7 Å². The van der Waals surface area contributed by atoms with Crippen molar-refractivity contribution in [2.24, 2.45) is 0 Å². The minimum absolute atomic E-state index is 0.282. The van der Waals surface area contributed by atoms with Gasteiger partial charge in [-0.2, -0.15) is 0 Å². The Morgan fingerprint density at radius 2 is 1.80 bits per heavy atom. The van der Waals surface area contributed by atoms with E-state index in [0.29, 0.717) is 11.6 Å². The van der Waals surface area contributed by atoms with Gasteiger partial charge in [0.2, 0.25) is 0 Å². The normalized spacial score (nSPS) is 10.7. The van der Waals surface area contributed by atoms with Crippen LogP contribution in [0.25, 0.3) is 0 Å². The van der Waals surface area contributed by atoms with Crippen LogP contribution in [0, 0.1) is 0 Å².